The fourth-order valence-corrected chi connectivity index (χ4v) is 1.50. The second-order valence-electron chi connectivity index (χ2n) is 4.30. The van der Waals surface area contributed by atoms with Crippen LogP contribution >= 0.6 is 0 Å². The molecule has 0 aliphatic rings. The van der Waals surface area contributed by atoms with Gasteiger partial charge in [-0.1, -0.05) is 6.58 Å². The summed E-state index contributed by atoms with van der Waals surface area (Å²) in [5.41, 5.74) is 0.585. The van der Waals surface area contributed by atoms with Crippen LogP contribution in [0.15, 0.2) is 30.6 Å². The van der Waals surface area contributed by atoms with Gasteiger partial charge in [0, 0.05) is 30.6 Å². The van der Waals surface area contributed by atoms with Crippen molar-refractivity contribution >= 4 is 6.03 Å². The third-order valence-electron chi connectivity index (χ3n) is 2.40. The van der Waals surface area contributed by atoms with Crippen LogP contribution in [0.1, 0.15) is 17.7 Å². The van der Waals surface area contributed by atoms with E-state index in [1.54, 1.807) is 0 Å². The lowest BCUT2D eigenvalue weighted by Gasteiger charge is -2.10. The summed E-state index contributed by atoms with van der Waals surface area (Å²) in [4.78, 5) is 15.0. The zero-order valence-electron chi connectivity index (χ0n) is 11.1. The highest BCUT2D eigenvalue weighted by Crippen LogP contribution is 2.20. The van der Waals surface area contributed by atoms with Crippen LogP contribution in [-0.2, 0) is 13.0 Å². The number of allylic oxidation sites excluding steroid dienone is 1. The molecule has 0 aliphatic heterocycles. The average Bonchev–Trinajstić information content (AvgIpc) is 2.35. The molecule has 21 heavy (non-hydrogen) atoms. The summed E-state index contributed by atoms with van der Waals surface area (Å²) in [5, 5.41) is 4.76. The molecule has 0 saturated carbocycles. The minimum absolute atomic E-state index is 0.0123. The van der Waals surface area contributed by atoms with Gasteiger partial charge < -0.3 is 10.6 Å². The van der Waals surface area contributed by atoms with E-state index in [4.69, 9.17) is 0 Å². The van der Waals surface area contributed by atoms with Gasteiger partial charge in [0.1, 0.15) is 0 Å². The third kappa shape index (κ3) is 7.28. The molecule has 0 aromatic carbocycles. The molecule has 0 saturated heterocycles. The SMILES string of the molecule is C=C(CCF)NC(=O)NCc1ccnc(CC(F)(F)F)c1. The van der Waals surface area contributed by atoms with Crippen LogP contribution in [0, 0.1) is 0 Å². The first-order chi connectivity index (χ1) is 9.80. The van der Waals surface area contributed by atoms with E-state index in [1.165, 1.54) is 18.3 Å². The lowest BCUT2D eigenvalue weighted by molar-refractivity contribution is -0.127. The monoisotopic (exact) mass is 305 g/mol. The molecule has 0 unspecified atom stereocenters. The minimum Gasteiger partial charge on any atom is -0.334 e. The van der Waals surface area contributed by atoms with E-state index in [-0.39, 0.29) is 24.4 Å². The van der Waals surface area contributed by atoms with Crippen molar-refractivity contribution in [3.8, 4) is 0 Å². The van der Waals surface area contributed by atoms with Gasteiger partial charge >= 0.3 is 12.2 Å². The van der Waals surface area contributed by atoms with Crippen LogP contribution in [0.4, 0.5) is 22.4 Å². The number of halogens is 4. The fourth-order valence-electron chi connectivity index (χ4n) is 1.50. The number of nitrogens with zero attached hydrogens (tertiary/aromatic N) is 1. The molecule has 0 atom stereocenters. The topological polar surface area (TPSA) is 54.0 Å². The molecular weight excluding hydrogens is 290 g/mol. The molecule has 4 nitrogen and oxygen atoms in total. The van der Waals surface area contributed by atoms with E-state index in [0.29, 0.717) is 5.56 Å². The Kier molecular flexibility index (Phi) is 6.13. The molecule has 2 amide bonds. The van der Waals surface area contributed by atoms with Crippen molar-refractivity contribution in [3.05, 3.63) is 41.9 Å². The Morgan fingerprint density at radius 2 is 2.10 bits per heavy atom. The van der Waals surface area contributed by atoms with Crippen LogP contribution in [0.25, 0.3) is 0 Å². The first-order valence-corrected chi connectivity index (χ1v) is 6.09. The predicted molar refractivity (Wildman–Crippen MR) is 69.1 cm³/mol. The summed E-state index contributed by atoms with van der Waals surface area (Å²) in [5.74, 6) is 0. The van der Waals surface area contributed by atoms with Gasteiger partial charge in [0.15, 0.2) is 0 Å². The number of aromatic nitrogens is 1. The highest BCUT2D eigenvalue weighted by molar-refractivity contribution is 5.75. The molecule has 0 spiro atoms. The maximum atomic E-state index is 12.2. The zero-order chi connectivity index (χ0) is 15.9. The second-order valence-corrected chi connectivity index (χ2v) is 4.30. The summed E-state index contributed by atoms with van der Waals surface area (Å²) in [6, 6.07) is 2.17. The number of rotatable bonds is 6. The number of amides is 2. The van der Waals surface area contributed by atoms with E-state index in [0.717, 1.165) is 0 Å². The number of nitrogens with one attached hydrogen (secondary N) is 2. The highest BCUT2D eigenvalue weighted by atomic mass is 19.4. The largest absolute Gasteiger partial charge is 0.394 e. The third-order valence-corrected chi connectivity index (χ3v) is 2.40. The Morgan fingerprint density at radius 3 is 2.71 bits per heavy atom. The highest BCUT2D eigenvalue weighted by Gasteiger charge is 2.28. The quantitative estimate of drug-likeness (QED) is 0.794. The number of urea groups is 1. The normalized spacial score (nSPS) is 11.0. The number of hydrogen-bond donors (Lipinski definition) is 2. The summed E-state index contributed by atoms with van der Waals surface area (Å²) in [7, 11) is 0. The Hall–Kier alpha value is -2.12. The molecule has 1 aromatic heterocycles. The van der Waals surface area contributed by atoms with Crippen molar-refractivity contribution in [2.75, 3.05) is 6.67 Å². The molecule has 1 rings (SSSR count). The van der Waals surface area contributed by atoms with E-state index in [1.807, 2.05) is 0 Å². The van der Waals surface area contributed by atoms with Crippen molar-refractivity contribution in [2.45, 2.75) is 25.6 Å². The van der Waals surface area contributed by atoms with E-state index >= 15 is 0 Å². The van der Waals surface area contributed by atoms with Crippen LogP contribution in [-0.4, -0.2) is 23.9 Å². The van der Waals surface area contributed by atoms with Gasteiger partial charge in [-0.05, 0) is 17.7 Å². The Labute approximate surface area is 119 Å². The maximum absolute atomic E-state index is 12.2. The summed E-state index contributed by atoms with van der Waals surface area (Å²) in [6.45, 7) is 2.84. The molecule has 1 heterocycles. The van der Waals surface area contributed by atoms with Crippen molar-refractivity contribution in [1.82, 2.24) is 15.6 Å². The average molecular weight is 305 g/mol. The van der Waals surface area contributed by atoms with Crippen molar-refractivity contribution in [1.29, 1.82) is 0 Å². The van der Waals surface area contributed by atoms with Crippen LogP contribution in [0.3, 0.4) is 0 Å². The Balaban J connectivity index is 2.50. The number of carbonyl (C=O) groups excluding carboxylic acids is 1. The van der Waals surface area contributed by atoms with Gasteiger partial charge in [-0.25, -0.2) is 4.79 Å². The molecule has 0 fully saturated rings. The van der Waals surface area contributed by atoms with Gasteiger partial charge in [-0.15, -0.1) is 0 Å². The standard InChI is InChI=1S/C13H15F4N3O/c1-9(2-4-14)20-12(21)19-8-10-3-5-18-11(6-10)7-13(15,16)17/h3,5-6H,1-2,4,7-8H2,(H2,19,20,21). The van der Waals surface area contributed by atoms with Crippen LogP contribution < -0.4 is 10.6 Å². The van der Waals surface area contributed by atoms with Gasteiger partial charge in [0.05, 0.1) is 13.1 Å². The fraction of sp³-hybridized carbons (Fsp3) is 0.385. The van der Waals surface area contributed by atoms with E-state index in [9.17, 15) is 22.4 Å². The van der Waals surface area contributed by atoms with Crippen molar-refractivity contribution in [2.24, 2.45) is 0 Å². The lowest BCUT2D eigenvalue weighted by atomic mass is 10.2. The Morgan fingerprint density at radius 1 is 1.38 bits per heavy atom. The van der Waals surface area contributed by atoms with Crippen molar-refractivity contribution in [3.63, 3.8) is 0 Å². The first kappa shape index (κ1) is 16.9. The predicted octanol–water partition coefficient (Wildman–Crippen LogP) is 2.86. The second kappa shape index (κ2) is 7.61. The van der Waals surface area contributed by atoms with Crippen molar-refractivity contribution < 1.29 is 22.4 Å². The molecule has 1 aromatic rings. The van der Waals surface area contributed by atoms with E-state index in [2.05, 4.69) is 22.2 Å². The summed E-state index contributed by atoms with van der Waals surface area (Å²) < 4.78 is 48.7. The molecule has 0 aliphatic carbocycles. The molecule has 2 N–H and O–H groups in total. The van der Waals surface area contributed by atoms with E-state index < -0.39 is 25.3 Å². The summed E-state index contributed by atoms with van der Waals surface area (Å²) in [6.07, 6.45) is -4.20. The van der Waals surface area contributed by atoms with Gasteiger partial charge in [0.25, 0.3) is 0 Å². The maximum Gasteiger partial charge on any atom is 0.394 e. The molecule has 0 radical (unpaired) electrons. The zero-order valence-corrected chi connectivity index (χ0v) is 11.1. The Bertz CT molecular complexity index is 502. The molecular formula is C13H15F4N3O. The van der Waals surface area contributed by atoms with Gasteiger partial charge in [-0.2, -0.15) is 13.2 Å². The summed E-state index contributed by atoms with van der Waals surface area (Å²) >= 11 is 0. The molecule has 0 bridgehead atoms. The first-order valence-electron chi connectivity index (χ1n) is 6.09. The number of alkyl halides is 4. The van der Waals surface area contributed by atoms with Crippen LogP contribution in [0.2, 0.25) is 0 Å². The number of pyridine rings is 1. The number of hydrogen-bond acceptors (Lipinski definition) is 2. The smallest absolute Gasteiger partial charge is 0.334 e. The lowest BCUT2D eigenvalue weighted by Crippen LogP contribution is -2.34. The van der Waals surface area contributed by atoms with Crippen LogP contribution in [0.5, 0.6) is 0 Å². The molecule has 116 valence electrons. The van der Waals surface area contributed by atoms with Gasteiger partial charge in [-0.3, -0.25) is 9.37 Å². The van der Waals surface area contributed by atoms with Gasteiger partial charge in [0.2, 0.25) is 0 Å². The number of carbonyl (C=O) groups is 1. The molecule has 8 heteroatoms. The minimum atomic E-state index is -4.33.